The third kappa shape index (κ3) is 5.13. The van der Waals surface area contributed by atoms with Crippen LogP contribution in [0, 0.1) is 3.57 Å². The van der Waals surface area contributed by atoms with E-state index >= 15 is 0 Å². The Labute approximate surface area is 178 Å². The second-order valence-electron chi connectivity index (χ2n) is 6.18. The molecule has 0 amide bonds. The molecule has 2 aromatic rings. The van der Waals surface area contributed by atoms with E-state index in [1.807, 2.05) is 49.4 Å². The fourth-order valence-electron chi connectivity index (χ4n) is 2.61. The second-order valence-corrected chi connectivity index (χ2v) is 7.43. The average Bonchev–Trinajstić information content (AvgIpc) is 3.05. The molecule has 0 atom stereocenters. The predicted molar refractivity (Wildman–Crippen MR) is 118 cm³/mol. The van der Waals surface area contributed by atoms with Crippen LogP contribution in [-0.4, -0.2) is 25.1 Å². The number of aliphatic imine (C=N–C) groups is 1. The molecule has 28 heavy (non-hydrogen) atoms. The van der Waals surface area contributed by atoms with Crippen LogP contribution in [0.2, 0.25) is 0 Å². The summed E-state index contributed by atoms with van der Waals surface area (Å²) in [5.41, 5.74) is 1.83. The zero-order valence-corrected chi connectivity index (χ0v) is 18.1. The summed E-state index contributed by atoms with van der Waals surface area (Å²) in [6.45, 7) is 5.22. The highest BCUT2D eigenvalue weighted by Crippen LogP contribution is 2.30. The van der Waals surface area contributed by atoms with Crippen LogP contribution < -0.4 is 9.47 Å². The number of carbonyl (C=O) groups excluding carboxylic acids is 1. The van der Waals surface area contributed by atoms with Crippen LogP contribution in [0.4, 0.5) is 0 Å². The van der Waals surface area contributed by atoms with Gasteiger partial charge in [-0.1, -0.05) is 19.4 Å². The van der Waals surface area contributed by atoms with E-state index in [0.717, 1.165) is 27.5 Å². The monoisotopic (exact) mass is 491 g/mol. The van der Waals surface area contributed by atoms with Crippen molar-refractivity contribution < 1.29 is 19.0 Å². The lowest BCUT2D eigenvalue weighted by molar-refractivity contribution is -0.129. The number of nitrogens with zero attached hydrogens (tertiary/aromatic N) is 1. The minimum atomic E-state index is -0.463. The topological polar surface area (TPSA) is 57.1 Å². The van der Waals surface area contributed by atoms with Crippen molar-refractivity contribution in [3.8, 4) is 11.5 Å². The number of ether oxygens (including phenoxy) is 3. The lowest BCUT2D eigenvalue weighted by atomic mass is 10.1. The number of halogens is 1. The number of hydrogen-bond donors (Lipinski definition) is 0. The summed E-state index contributed by atoms with van der Waals surface area (Å²) < 4.78 is 17.9. The summed E-state index contributed by atoms with van der Waals surface area (Å²) in [6, 6.07) is 13.2. The number of cyclic esters (lactones) is 1. The zero-order chi connectivity index (χ0) is 19.9. The Bertz CT molecular complexity index is 903. The standard InChI is InChI=1S/C22H22INO4/c1-3-5-12-27-19-11-6-15(14-20(19)26-4-2)13-18-22(25)28-21(24-18)16-7-9-17(23)10-8-16/h6-11,13-14H,3-5,12H2,1-2H3/b18-13-. The number of rotatable bonds is 8. The van der Waals surface area contributed by atoms with Crippen LogP contribution in [0.25, 0.3) is 6.08 Å². The fraction of sp³-hybridized carbons (Fsp3) is 0.273. The van der Waals surface area contributed by atoms with Gasteiger partial charge in [-0.3, -0.25) is 0 Å². The van der Waals surface area contributed by atoms with Gasteiger partial charge in [-0.05, 0) is 84.0 Å². The maximum atomic E-state index is 12.2. The Balaban J connectivity index is 1.84. The molecule has 1 aliphatic rings. The first kappa shape index (κ1) is 20.4. The van der Waals surface area contributed by atoms with Crippen LogP contribution in [-0.2, 0) is 9.53 Å². The minimum absolute atomic E-state index is 0.260. The third-order valence-electron chi connectivity index (χ3n) is 4.04. The van der Waals surface area contributed by atoms with Crippen molar-refractivity contribution in [2.24, 2.45) is 4.99 Å². The van der Waals surface area contributed by atoms with Crippen molar-refractivity contribution in [1.29, 1.82) is 0 Å². The minimum Gasteiger partial charge on any atom is -0.490 e. The average molecular weight is 491 g/mol. The highest BCUT2D eigenvalue weighted by Gasteiger charge is 2.24. The molecular weight excluding hydrogens is 469 g/mol. The molecule has 5 nitrogen and oxygen atoms in total. The molecule has 0 fully saturated rings. The van der Waals surface area contributed by atoms with E-state index in [1.54, 1.807) is 6.08 Å². The van der Waals surface area contributed by atoms with Crippen LogP contribution in [0.5, 0.6) is 11.5 Å². The van der Waals surface area contributed by atoms with Crippen molar-refractivity contribution >= 4 is 40.5 Å². The first-order chi connectivity index (χ1) is 13.6. The van der Waals surface area contributed by atoms with Gasteiger partial charge in [0, 0.05) is 9.13 Å². The summed E-state index contributed by atoms with van der Waals surface area (Å²) >= 11 is 2.22. The van der Waals surface area contributed by atoms with Crippen molar-refractivity contribution in [3.63, 3.8) is 0 Å². The maximum Gasteiger partial charge on any atom is 0.363 e. The first-order valence-electron chi connectivity index (χ1n) is 9.29. The summed E-state index contributed by atoms with van der Waals surface area (Å²) in [6.07, 6.45) is 3.75. The number of esters is 1. The van der Waals surface area contributed by atoms with Crippen molar-refractivity contribution in [1.82, 2.24) is 0 Å². The molecule has 6 heteroatoms. The highest BCUT2D eigenvalue weighted by molar-refractivity contribution is 14.1. The molecule has 1 heterocycles. The Hall–Kier alpha value is -2.35. The lowest BCUT2D eigenvalue weighted by Gasteiger charge is -2.12. The van der Waals surface area contributed by atoms with Gasteiger partial charge < -0.3 is 14.2 Å². The maximum absolute atomic E-state index is 12.2. The molecule has 0 saturated carbocycles. The van der Waals surface area contributed by atoms with E-state index in [2.05, 4.69) is 34.5 Å². The summed E-state index contributed by atoms with van der Waals surface area (Å²) in [7, 11) is 0. The van der Waals surface area contributed by atoms with E-state index in [9.17, 15) is 4.79 Å². The Morgan fingerprint density at radius 1 is 1.07 bits per heavy atom. The number of carbonyl (C=O) groups is 1. The molecule has 2 aromatic carbocycles. The predicted octanol–water partition coefficient (Wildman–Crippen LogP) is 5.21. The molecule has 0 unspecified atom stereocenters. The molecular formula is C22H22INO4. The highest BCUT2D eigenvalue weighted by atomic mass is 127. The largest absolute Gasteiger partial charge is 0.490 e. The van der Waals surface area contributed by atoms with Gasteiger partial charge in [0.2, 0.25) is 5.90 Å². The van der Waals surface area contributed by atoms with Gasteiger partial charge in [-0.15, -0.1) is 0 Å². The number of unbranched alkanes of at least 4 members (excludes halogenated alkanes) is 1. The zero-order valence-electron chi connectivity index (χ0n) is 15.9. The molecule has 0 aliphatic carbocycles. The van der Waals surface area contributed by atoms with Crippen LogP contribution in [0.3, 0.4) is 0 Å². The molecule has 0 aromatic heterocycles. The lowest BCUT2D eigenvalue weighted by Crippen LogP contribution is -2.05. The van der Waals surface area contributed by atoms with Crippen molar-refractivity contribution in [2.75, 3.05) is 13.2 Å². The SMILES string of the molecule is CCCCOc1ccc(/C=C2\N=C(c3ccc(I)cc3)OC2=O)cc1OCC. The van der Waals surface area contributed by atoms with Gasteiger partial charge in [0.1, 0.15) is 0 Å². The third-order valence-corrected chi connectivity index (χ3v) is 4.76. The van der Waals surface area contributed by atoms with Gasteiger partial charge in [0.25, 0.3) is 0 Å². The van der Waals surface area contributed by atoms with Gasteiger partial charge in [0.15, 0.2) is 17.2 Å². The first-order valence-corrected chi connectivity index (χ1v) is 10.4. The normalized spacial score (nSPS) is 14.8. The second kappa shape index (κ2) is 9.73. The Morgan fingerprint density at radius 2 is 1.86 bits per heavy atom. The quantitative estimate of drug-likeness (QED) is 0.220. The Kier molecular flexibility index (Phi) is 7.08. The van der Waals surface area contributed by atoms with E-state index in [-0.39, 0.29) is 5.70 Å². The van der Waals surface area contributed by atoms with Gasteiger partial charge >= 0.3 is 5.97 Å². The van der Waals surface area contributed by atoms with Crippen molar-refractivity contribution in [2.45, 2.75) is 26.7 Å². The molecule has 0 radical (unpaired) electrons. The molecule has 146 valence electrons. The molecule has 0 N–H and O–H groups in total. The summed E-state index contributed by atoms with van der Waals surface area (Å²) in [5, 5.41) is 0. The summed E-state index contributed by atoms with van der Waals surface area (Å²) in [4.78, 5) is 16.6. The molecule has 1 aliphatic heterocycles. The van der Waals surface area contributed by atoms with E-state index in [1.165, 1.54) is 0 Å². The fourth-order valence-corrected chi connectivity index (χ4v) is 2.97. The molecule has 0 spiro atoms. The van der Waals surface area contributed by atoms with Gasteiger partial charge in [-0.2, -0.15) is 0 Å². The number of benzene rings is 2. The smallest absolute Gasteiger partial charge is 0.363 e. The molecule has 0 saturated heterocycles. The summed E-state index contributed by atoms with van der Waals surface area (Å²) in [5.74, 6) is 1.21. The van der Waals surface area contributed by atoms with E-state index in [4.69, 9.17) is 14.2 Å². The van der Waals surface area contributed by atoms with E-state index < -0.39 is 5.97 Å². The van der Waals surface area contributed by atoms with Crippen LogP contribution in [0.1, 0.15) is 37.8 Å². The van der Waals surface area contributed by atoms with Gasteiger partial charge in [0.05, 0.1) is 13.2 Å². The van der Waals surface area contributed by atoms with Crippen LogP contribution in [0.15, 0.2) is 53.2 Å². The van der Waals surface area contributed by atoms with Crippen molar-refractivity contribution in [3.05, 3.63) is 62.9 Å². The number of hydrogen-bond acceptors (Lipinski definition) is 5. The van der Waals surface area contributed by atoms with Crippen LogP contribution >= 0.6 is 22.6 Å². The molecule has 3 rings (SSSR count). The Morgan fingerprint density at radius 3 is 2.57 bits per heavy atom. The van der Waals surface area contributed by atoms with E-state index in [0.29, 0.717) is 30.6 Å². The van der Waals surface area contributed by atoms with Gasteiger partial charge in [-0.25, -0.2) is 9.79 Å². The molecule has 0 bridgehead atoms.